The second-order valence-corrected chi connectivity index (χ2v) is 6.26. The monoisotopic (exact) mass is 342 g/mol. The maximum Gasteiger partial charge on any atom is 0.248 e. The van der Waals surface area contributed by atoms with E-state index in [0.717, 1.165) is 6.42 Å². The molecule has 1 aliphatic heterocycles. The normalized spacial score (nSPS) is 15.6. The molecular formula is C14H22N4O4S. The Labute approximate surface area is 139 Å². The smallest absolute Gasteiger partial charge is 0.248 e. The number of ether oxygens (including phenoxy) is 1. The Morgan fingerprint density at radius 2 is 1.91 bits per heavy atom. The van der Waals surface area contributed by atoms with Gasteiger partial charge in [0.2, 0.25) is 17.7 Å². The number of carbonyl (C=O) groups is 2. The van der Waals surface area contributed by atoms with Gasteiger partial charge in [-0.25, -0.2) is 0 Å². The van der Waals surface area contributed by atoms with E-state index in [0.29, 0.717) is 49.4 Å². The number of rotatable bonds is 6. The highest BCUT2D eigenvalue weighted by atomic mass is 32.2. The first kappa shape index (κ1) is 17.7. The van der Waals surface area contributed by atoms with Crippen LogP contribution < -0.4 is 0 Å². The third-order valence-corrected chi connectivity index (χ3v) is 4.39. The van der Waals surface area contributed by atoms with Gasteiger partial charge in [-0.15, -0.1) is 11.8 Å². The number of amides is 2. The molecule has 2 amide bonds. The van der Waals surface area contributed by atoms with Gasteiger partial charge in [-0.2, -0.15) is 4.98 Å². The highest BCUT2D eigenvalue weighted by Gasteiger charge is 2.21. The number of methoxy groups -OCH3 is 1. The van der Waals surface area contributed by atoms with E-state index < -0.39 is 0 Å². The van der Waals surface area contributed by atoms with Crippen molar-refractivity contribution in [1.29, 1.82) is 0 Å². The largest absolute Gasteiger partial charge is 0.375 e. The van der Waals surface area contributed by atoms with Crippen molar-refractivity contribution in [3.8, 4) is 0 Å². The van der Waals surface area contributed by atoms with Gasteiger partial charge in [0.1, 0.15) is 6.61 Å². The molecule has 0 saturated carbocycles. The second kappa shape index (κ2) is 8.88. The number of carbonyl (C=O) groups excluding carboxylic acids is 2. The first-order valence-corrected chi connectivity index (χ1v) is 8.67. The van der Waals surface area contributed by atoms with Crippen LogP contribution in [-0.2, 0) is 20.1 Å². The summed E-state index contributed by atoms with van der Waals surface area (Å²) in [5.41, 5.74) is 0. The zero-order chi connectivity index (χ0) is 16.7. The lowest BCUT2D eigenvalue weighted by Gasteiger charge is -2.21. The summed E-state index contributed by atoms with van der Waals surface area (Å²) < 4.78 is 9.89. The van der Waals surface area contributed by atoms with E-state index in [1.165, 1.54) is 18.9 Å². The third kappa shape index (κ3) is 5.51. The molecule has 0 aromatic carbocycles. The number of hydrogen-bond acceptors (Lipinski definition) is 7. The third-order valence-electron chi connectivity index (χ3n) is 3.49. The van der Waals surface area contributed by atoms with Crippen LogP contribution in [0, 0.1) is 6.92 Å². The summed E-state index contributed by atoms with van der Waals surface area (Å²) in [4.78, 5) is 31.8. The first-order chi connectivity index (χ1) is 11.1. The van der Waals surface area contributed by atoms with Crippen molar-refractivity contribution in [2.24, 2.45) is 0 Å². The second-order valence-electron chi connectivity index (χ2n) is 5.28. The highest BCUT2D eigenvalue weighted by molar-refractivity contribution is 7.99. The van der Waals surface area contributed by atoms with Gasteiger partial charge in [0.25, 0.3) is 0 Å². The van der Waals surface area contributed by atoms with Crippen LogP contribution in [0.5, 0.6) is 0 Å². The van der Waals surface area contributed by atoms with Gasteiger partial charge < -0.3 is 19.1 Å². The summed E-state index contributed by atoms with van der Waals surface area (Å²) in [5.74, 6) is 2.08. The van der Waals surface area contributed by atoms with Gasteiger partial charge >= 0.3 is 0 Å². The van der Waals surface area contributed by atoms with Gasteiger partial charge in [0, 0.05) is 33.3 Å². The van der Waals surface area contributed by atoms with Crippen LogP contribution in [0.2, 0.25) is 0 Å². The molecule has 2 rings (SSSR count). The van der Waals surface area contributed by atoms with E-state index >= 15 is 0 Å². The summed E-state index contributed by atoms with van der Waals surface area (Å²) in [5, 5.41) is 3.71. The molecule has 0 bridgehead atoms. The zero-order valence-electron chi connectivity index (χ0n) is 13.5. The lowest BCUT2D eigenvalue weighted by molar-refractivity contribution is -0.135. The Balaban J connectivity index is 1.73. The molecule has 1 aliphatic rings. The molecule has 0 unspecified atom stereocenters. The molecule has 0 spiro atoms. The Morgan fingerprint density at radius 1 is 1.22 bits per heavy atom. The first-order valence-electron chi connectivity index (χ1n) is 7.51. The molecule has 0 aliphatic carbocycles. The lowest BCUT2D eigenvalue weighted by atomic mass is 10.4. The van der Waals surface area contributed by atoms with Crippen LogP contribution >= 0.6 is 11.8 Å². The number of aryl methyl sites for hydroxylation is 1. The fraction of sp³-hybridized carbons (Fsp3) is 0.714. The van der Waals surface area contributed by atoms with Crippen LogP contribution in [0.4, 0.5) is 0 Å². The summed E-state index contributed by atoms with van der Waals surface area (Å²) in [6.07, 6.45) is 0.786. The highest BCUT2D eigenvalue weighted by Crippen LogP contribution is 2.12. The number of nitrogens with zero attached hydrogens (tertiary/aromatic N) is 4. The van der Waals surface area contributed by atoms with E-state index in [1.807, 2.05) is 4.90 Å². The SMILES string of the molecule is COCC(=O)N1CCCN(C(=O)CSCc2nc(C)no2)CC1. The van der Waals surface area contributed by atoms with E-state index in [-0.39, 0.29) is 18.4 Å². The van der Waals surface area contributed by atoms with E-state index in [1.54, 1.807) is 11.8 Å². The van der Waals surface area contributed by atoms with Crippen molar-refractivity contribution in [2.75, 3.05) is 45.6 Å². The van der Waals surface area contributed by atoms with Gasteiger partial charge in [-0.1, -0.05) is 5.16 Å². The number of thioether (sulfide) groups is 1. The van der Waals surface area contributed by atoms with Crippen LogP contribution in [0.1, 0.15) is 18.1 Å². The van der Waals surface area contributed by atoms with E-state index in [4.69, 9.17) is 9.26 Å². The minimum Gasteiger partial charge on any atom is -0.375 e. The molecule has 128 valence electrons. The molecule has 1 saturated heterocycles. The average Bonchev–Trinajstić information content (AvgIpc) is 2.79. The fourth-order valence-electron chi connectivity index (χ4n) is 2.35. The maximum atomic E-state index is 12.3. The van der Waals surface area contributed by atoms with Crippen molar-refractivity contribution in [3.05, 3.63) is 11.7 Å². The van der Waals surface area contributed by atoms with Crippen LogP contribution in [0.3, 0.4) is 0 Å². The van der Waals surface area contributed by atoms with Gasteiger partial charge in [-0.3, -0.25) is 9.59 Å². The molecule has 1 aromatic rings. The van der Waals surface area contributed by atoms with Gasteiger partial charge in [0.15, 0.2) is 5.82 Å². The van der Waals surface area contributed by atoms with Crippen molar-refractivity contribution < 1.29 is 18.8 Å². The molecular weight excluding hydrogens is 320 g/mol. The zero-order valence-corrected chi connectivity index (χ0v) is 14.3. The molecule has 8 nitrogen and oxygen atoms in total. The van der Waals surface area contributed by atoms with Crippen molar-refractivity contribution in [2.45, 2.75) is 19.1 Å². The molecule has 0 radical (unpaired) electrons. The quantitative estimate of drug-likeness (QED) is 0.735. The average molecular weight is 342 g/mol. The maximum absolute atomic E-state index is 12.3. The Hall–Kier alpha value is -1.61. The summed E-state index contributed by atoms with van der Waals surface area (Å²) in [7, 11) is 1.51. The Bertz CT molecular complexity index is 537. The minimum absolute atomic E-state index is 0.0251. The van der Waals surface area contributed by atoms with Gasteiger partial charge in [-0.05, 0) is 13.3 Å². The van der Waals surface area contributed by atoms with Crippen molar-refractivity contribution in [3.63, 3.8) is 0 Å². The standard InChI is InChI=1S/C14H22N4O4S/c1-11-15-12(22-16-11)9-23-10-14(20)18-5-3-4-17(6-7-18)13(19)8-21-2/h3-10H2,1-2H3. The lowest BCUT2D eigenvalue weighted by Crippen LogP contribution is -2.39. The molecule has 1 aromatic heterocycles. The van der Waals surface area contributed by atoms with Gasteiger partial charge in [0.05, 0.1) is 11.5 Å². The Kier molecular flexibility index (Phi) is 6.85. The van der Waals surface area contributed by atoms with E-state index in [9.17, 15) is 9.59 Å². The minimum atomic E-state index is -0.0251. The molecule has 0 N–H and O–H groups in total. The molecule has 1 fully saturated rings. The van der Waals surface area contributed by atoms with Crippen molar-refractivity contribution in [1.82, 2.24) is 19.9 Å². The summed E-state index contributed by atoms with van der Waals surface area (Å²) >= 11 is 1.46. The Morgan fingerprint density at radius 3 is 2.52 bits per heavy atom. The predicted molar refractivity (Wildman–Crippen MR) is 84.9 cm³/mol. The summed E-state index contributed by atoms with van der Waals surface area (Å²) in [6, 6.07) is 0. The number of aromatic nitrogens is 2. The topological polar surface area (TPSA) is 88.8 Å². The summed E-state index contributed by atoms with van der Waals surface area (Å²) in [6.45, 7) is 4.32. The van der Waals surface area contributed by atoms with Crippen LogP contribution in [0.15, 0.2) is 4.52 Å². The molecule has 0 atom stereocenters. The van der Waals surface area contributed by atoms with Crippen molar-refractivity contribution >= 4 is 23.6 Å². The van der Waals surface area contributed by atoms with Crippen LogP contribution in [0.25, 0.3) is 0 Å². The van der Waals surface area contributed by atoms with Crippen LogP contribution in [-0.4, -0.2) is 77.4 Å². The predicted octanol–water partition coefficient (Wildman–Crippen LogP) is 0.319. The number of hydrogen-bond donors (Lipinski definition) is 0. The molecule has 2 heterocycles. The molecule has 23 heavy (non-hydrogen) atoms. The molecule has 9 heteroatoms. The fourth-order valence-corrected chi connectivity index (χ4v) is 3.10. The van der Waals surface area contributed by atoms with E-state index in [2.05, 4.69) is 10.1 Å².